The standard InChI is InChI=1S/C83H60O52/c84-29-3-20(4-30(85)51(29)100)73(114)131-69-67-45(17-123-77(118)24-11-37(92)55(104)60(109)47(24)49-26(79(120)129-67)13-39(94)57(106)62(49)111)126-82(71(69)133-75(116)22-7-33(88)53(102)34(89)8-22)125-16-44(99)19-1-42(97)66(43(98)2-19)128-65-28(15-41(96)59(108)64(65)113)81(122)134-72-70(132-74(115)21-5-31(86)52(101)32(87)6-21)68-46(127-83(72)135-76(117)23-9-35(90)54(103)36(91)10-23)18-124-78(119)25-12-38(93)56(105)61(110)48(25)50-27(80(121)130-68)14-40(95)58(107)63(50)112/h1-15,45-46,67-72,82-98,100-113H,16-18H2. The zero-order chi connectivity index (χ0) is 98.4. The number of hydrogen-bond donors (Lipinski definition) is 29. The van der Waals surface area contributed by atoms with Crippen LogP contribution in [0, 0.1) is 0 Å². The summed E-state index contributed by atoms with van der Waals surface area (Å²) in [4.78, 5) is 147. The normalized spacial score (nSPS) is 19.1. The molecule has 4 aliphatic heterocycles. The Balaban J connectivity index is 0.844. The lowest BCUT2D eigenvalue weighted by Crippen LogP contribution is -2.63. The molecule has 4 aliphatic rings. The van der Waals surface area contributed by atoms with Crippen LogP contribution < -0.4 is 4.74 Å². The van der Waals surface area contributed by atoms with Crippen LogP contribution in [-0.2, 0) is 56.8 Å². The SMILES string of the molecule is O=C(COC1OC2COC(=O)c3cc(O)c(O)c(O)c3-c3c(cc(O)c(O)c3O)C(=O)OC2C(OC(=O)c2cc(O)c(O)c(O)c2)C1OC(=O)c1cc(O)c(O)c(O)c1)c1cc(O)c(Oc2c(C(=O)OC3C(OC(=O)c4cc(O)c(O)c(O)c4)OC4COC(=O)c5cc(O)c(O)c(O)c5-c5c(cc(O)c(O)c5O)C(=O)OC4C3OC(=O)c3cc(O)c(O)c(O)c3)cc(O)c(O)c2O)c(O)c1. The molecule has 14 rings (SSSR count). The van der Waals surface area contributed by atoms with Crippen molar-refractivity contribution in [2.24, 2.45) is 0 Å². The summed E-state index contributed by atoms with van der Waals surface area (Å²) < 4.78 is 74.4. The summed E-state index contributed by atoms with van der Waals surface area (Å²) in [5.41, 5.74) is -16.3. The molecule has 0 saturated carbocycles. The van der Waals surface area contributed by atoms with E-state index in [9.17, 15) is 186 Å². The van der Waals surface area contributed by atoms with Gasteiger partial charge >= 0.3 is 53.7 Å². The minimum Gasteiger partial charge on any atom is -0.504 e. The molecule has 0 aromatic heterocycles. The molecule has 10 aromatic rings. The van der Waals surface area contributed by atoms with Crippen molar-refractivity contribution < 1.29 is 258 Å². The number of Topliss-reactive ketones (excluding diaryl/α,β-unsaturated/α-hetero) is 1. The molecule has 4 heterocycles. The predicted molar refractivity (Wildman–Crippen MR) is 420 cm³/mol. The zero-order valence-corrected chi connectivity index (χ0v) is 66.4. The van der Waals surface area contributed by atoms with Crippen molar-refractivity contribution in [3.8, 4) is 200 Å². The fraction of sp³-hybridized carbons (Fsp3) is 0.157. The van der Waals surface area contributed by atoms with E-state index in [-0.39, 0.29) is 12.1 Å². The molecule has 52 heteroatoms. The van der Waals surface area contributed by atoms with Crippen LogP contribution in [-0.4, -0.2) is 289 Å². The Kier molecular flexibility index (Phi) is 23.8. The number of hydrogen-bond acceptors (Lipinski definition) is 52. The number of aromatic hydroxyl groups is 29. The second-order valence-corrected chi connectivity index (χ2v) is 29.1. The molecule has 2 saturated heterocycles. The summed E-state index contributed by atoms with van der Waals surface area (Å²) in [5, 5.41) is 314. The fourth-order valence-corrected chi connectivity index (χ4v) is 14.1. The molecule has 0 amide bonds. The van der Waals surface area contributed by atoms with E-state index in [4.69, 9.17) is 61.6 Å². The number of benzene rings is 10. The van der Waals surface area contributed by atoms with E-state index in [2.05, 4.69) is 0 Å². The van der Waals surface area contributed by atoms with Gasteiger partial charge in [0.15, 0.2) is 181 Å². The summed E-state index contributed by atoms with van der Waals surface area (Å²) in [6.45, 7) is -4.60. The van der Waals surface area contributed by atoms with Gasteiger partial charge in [-0.3, -0.25) is 4.79 Å². The van der Waals surface area contributed by atoms with Crippen LogP contribution >= 0.6 is 0 Å². The molecule has 0 bridgehead atoms. The van der Waals surface area contributed by atoms with E-state index < -0.39 is 397 Å². The van der Waals surface area contributed by atoms with E-state index in [0.717, 1.165) is 0 Å². The van der Waals surface area contributed by atoms with Gasteiger partial charge in [0.25, 0.3) is 0 Å². The van der Waals surface area contributed by atoms with Crippen molar-refractivity contribution in [1.29, 1.82) is 0 Å². The van der Waals surface area contributed by atoms with E-state index in [1.54, 1.807) is 0 Å². The Morgan fingerprint density at radius 1 is 0.267 bits per heavy atom. The first-order chi connectivity index (χ1) is 63.5. The van der Waals surface area contributed by atoms with Crippen LogP contribution in [0.4, 0.5) is 0 Å². The van der Waals surface area contributed by atoms with Gasteiger partial charge in [0.1, 0.15) is 37.6 Å². The first kappa shape index (κ1) is 92.2. The van der Waals surface area contributed by atoms with Gasteiger partial charge in [-0.05, 0) is 84.9 Å². The minimum absolute atomic E-state index is 0.128. The van der Waals surface area contributed by atoms with Crippen LogP contribution in [0.3, 0.4) is 0 Å². The molecular weight excluding hydrogens is 1830 g/mol. The first-order valence-electron chi connectivity index (χ1n) is 37.5. The van der Waals surface area contributed by atoms with E-state index in [1.165, 1.54) is 0 Å². The summed E-state index contributed by atoms with van der Waals surface area (Å²) >= 11 is 0. The highest BCUT2D eigenvalue weighted by atomic mass is 16.8. The number of esters is 9. The molecule has 10 atom stereocenters. The smallest absolute Gasteiger partial charge is 0.342 e. The maximum atomic E-state index is 15.4. The number of phenolic OH excluding ortho intramolecular Hbond substituents is 29. The van der Waals surface area contributed by atoms with E-state index >= 15 is 9.59 Å². The molecule has 135 heavy (non-hydrogen) atoms. The number of cyclic esters (lactones) is 2. The molecule has 10 unspecified atom stereocenters. The molecule has 10 aromatic carbocycles. The van der Waals surface area contributed by atoms with Gasteiger partial charge in [0.05, 0.1) is 44.5 Å². The largest absolute Gasteiger partial charge is 0.504 e. The molecule has 52 nitrogen and oxygen atoms in total. The number of rotatable bonds is 16. The highest BCUT2D eigenvalue weighted by Gasteiger charge is 2.58. The van der Waals surface area contributed by atoms with Crippen LogP contribution in [0.5, 0.6) is 178 Å². The third-order valence-electron chi connectivity index (χ3n) is 20.6. The molecule has 2 fully saturated rings. The highest BCUT2D eigenvalue weighted by molar-refractivity contribution is 6.11. The second-order valence-electron chi connectivity index (χ2n) is 29.1. The van der Waals surface area contributed by atoms with Crippen LogP contribution in [0.1, 0.15) is 104 Å². The molecular formula is C83H60O52. The van der Waals surface area contributed by atoms with Gasteiger partial charge in [-0.25, -0.2) is 43.2 Å². The Labute approximate surface area is 742 Å². The van der Waals surface area contributed by atoms with Gasteiger partial charge in [0, 0.05) is 33.9 Å². The van der Waals surface area contributed by atoms with Crippen molar-refractivity contribution in [3.63, 3.8) is 0 Å². The lowest BCUT2D eigenvalue weighted by atomic mass is 9.92. The predicted octanol–water partition coefficient (Wildman–Crippen LogP) is 3.78. The maximum absolute atomic E-state index is 15.4. The Morgan fingerprint density at radius 2 is 0.533 bits per heavy atom. The van der Waals surface area contributed by atoms with Gasteiger partial charge in [0.2, 0.25) is 52.6 Å². The van der Waals surface area contributed by atoms with Crippen molar-refractivity contribution in [3.05, 3.63) is 147 Å². The zero-order valence-electron chi connectivity index (χ0n) is 66.4. The number of carbonyl (C=O) groups excluding carboxylic acids is 10. The molecule has 0 aliphatic carbocycles. The first-order valence-corrected chi connectivity index (χ1v) is 37.5. The topological polar surface area (TPSA) is 877 Å². The van der Waals surface area contributed by atoms with Crippen molar-refractivity contribution in [1.82, 2.24) is 0 Å². The third-order valence-corrected chi connectivity index (χ3v) is 20.6. The van der Waals surface area contributed by atoms with Crippen molar-refractivity contribution in [2.45, 2.75) is 61.4 Å². The number of carbonyl (C=O) groups is 10. The highest BCUT2D eigenvalue weighted by Crippen LogP contribution is 2.58. The molecule has 0 radical (unpaired) electrons. The average molecular weight is 1890 g/mol. The number of phenols is 29. The quantitative estimate of drug-likeness (QED) is 0.0283. The van der Waals surface area contributed by atoms with Crippen LogP contribution in [0.15, 0.2) is 91.0 Å². The summed E-state index contributed by atoms with van der Waals surface area (Å²) in [7, 11) is 0. The molecule has 29 N–H and O–H groups in total. The monoisotopic (exact) mass is 1890 g/mol. The Hall–Kier alpha value is -19.0. The van der Waals surface area contributed by atoms with Gasteiger partial charge in [-0.15, -0.1) is 0 Å². The van der Waals surface area contributed by atoms with Gasteiger partial charge in [-0.2, -0.15) is 0 Å². The van der Waals surface area contributed by atoms with Crippen molar-refractivity contribution >= 4 is 59.5 Å². The Morgan fingerprint density at radius 3 is 0.874 bits per heavy atom. The number of ketones is 1. The fourth-order valence-electron chi connectivity index (χ4n) is 14.1. The minimum atomic E-state index is -3.05. The van der Waals surface area contributed by atoms with Crippen LogP contribution in [0.2, 0.25) is 0 Å². The molecule has 0 spiro atoms. The third kappa shape index (κ3) is 16.8. The average Bonchev–Trinajstić information content (AvgIpc) is 1.72. The van der Waals surface area contributed by atoms with Crippen LogP contribution in [0.25, 0.3) is 22.3 Å². The van der Waals surface area contributed by atoms with E-state index in [0.29, 0.717) is 78.9 Å². The summed E-state index contributed by atoms with van der Waals surface area (Å²) in [6, 6.07) is 5.42. The maximum Gasteiger partial charge on any atom is 0.342 e. The second kappa shape index (κ2) is 34.9. The number of fused-ring (bicyclic) bond motifs is 8. The Bertz CT molecular complexity index is 6650. The lowest BCUT2D eigenvalue weighted by molar-refractivity contribution is -0.295. The van der Waals surface area contributed by atoms with Gasteiger partial charge < -0.3 is 210 Å². The van der Waals surface area contributed by atoms with Crippen molar-refractivity contribution in [2.75, 3.05) is 19.8 Å². The number of ether oxygens (including phenoxy) is 13. The van der Waals surface area contributed by atoms with E-state index in [1.807, 2.05) is 0 Å². The molecule has 704 valence electrons. The van der Waals surface area contributed by atoms with Gasteiger partial charge in [-0.1, -0.05) is 0 Å². The summed E-state index contributed by atoms with van der Waals surface area (Å²) in [5.74, 6) is -63.2. The lowest BCUT2D eigenvalue weighted by Gasteiger charge is -2.44. The summed E-state index contributed by atoms with van der Waals surface area (Å²) in [6.07, 6.45) is -27.5.